The van der Waals surface area contributed by atoms with Gasteiger partial charge in [0.25, 0.3) is 0 Å². The molecule has 2 aromatic rings. The third kappa shape index (κ3) is 3.14. The van der Waals surface area contributed by atoms with Crippen molar-refractivity contribution in [1.29, 1.82) is 0 Å². The number of ether oxygens (including phenoxy) is 2. The maximum atomic E-state index is 11.3. The average molecular weight is 341 g/mol. The second kappa shape index (κ2) is 6.60. The Morgan fingerprint density at radius 1 is 1.04 bits per heavy atom. The minimum atomic E-state index is -0.694. The quantitative estimate of drug-likeness (QED) is 0.847. The first-order valence-electron chi connectivity index (χ1n) is 9.19. The molecule has 0 aliphatic carbocycles. The first-order valence-corrected chi connectivity index (χ1v) is 9.19. The van der Waals surface area contributed by atoms with Gasteiger partial charge in [-0.2, -0.15) is 0 Å². The van der Waals surface area contributed by atoms with Crippen LogP contribution >= 0.6 is 0 Å². The molecule has 2 fully saturated rings. The Morgan fingerprint density at radius 3 is 2.44 bits per heavy atom. The lowest BCUT2D eigenvalue weighted by molar-refractivity contribution is -0.0492. The van der Waals surface area contributed by atoms with Gasteiger partial charge in [0.1, 0.15) is 12.4 Å². The maximum absolute atomic E-state index is 11.3. The molecular weight excluding hydrogens is 314 g/mol. The predicted octanol–water partition coefficient (Wildman–Crippen LogP) is 3.31. The molecule has 4 rings (SSSR count). The molecule has 25 heavy (non-hydrogen) atoms. The first-order chi connectivity index (χ1) is 12.1. The smallest absolute Gasteiger partial charge is 0.120 e. The predicted molar refractivity (Wildman–Crippen MR) is 99.0 cm³/mol. The maximum Gasteiger partial charge on any atom is 0.120 e. The Labute approximate surface area is 149 Å². The van der Waals surface area contributed by atoms with Crippen molar-refractivity contribution >= 4 is 10.8 Å². The van der Waals surface area contributed by atoms with Crippen molar-refractivity contribution in [3.05, 3.63) is 42.0 Å². The van der Waals surface area contributed by atoms with Gasteiger partial charge in [0.05, 0.1) is 12.2 Å². The van der Waals surface area contributed by atoms with Crippen LogP contribution in [0.15, 0.2) is 36.4 Å². The normalized spacial score (nSPS) is 29.2. The fraction of sp³-hybridized carbons (Fsp3) is 0.524. The number of hydrogen-bond donors (Lipinski definition) is 1. The minimum Gasteiger partial charge on any atom is -0.491 e. The number of aliphatic hydroxyl groups is 1. The van der Waals surface area contributed by atoms with Gasteiger partial charge in [-0.15, -0.1) is 0 Å². The van der Waals surface area contributed by atoms with E-state index >= 15 is 0 Å². The highest BCUT2D eigenvalue weighted by molar-refractivity contribution is 5.84. The lowest BCUT2D eigenvalue weighted by Gasteiger charge is -2.42. The van der Waals surface area contributed by atoms with E-state index in [0.717, 1.165) is 34.9 Å². The van der Waals surface area contributed by atoms with E-state index in [1.807, 2.05) is 6.07 Å². The third-order valence-corrected chi connectivity index (χ3v) is 6.04. The molecule has 4 nitrogen and oxygen atoms in total. The van der Waals surface area contributed by atoms with E-state index < -0.39 is 5.60 Å². The standard InChI is InChI=1S/C21H27NO3/c1-22-18-6-7-19(22)14-21(23,13-18)17-5-3-16-12-20(25-10-9-24-2)8-4-15(16)11-17/h3-5,8,11-12,18-19,23H,6-7,9-10,13-14H2,1-2H3/t18-,19+,21?. The Morgan fingerprint density at radius 2 is 1.72 bits per heavy atom. The Hall–Kier alpha value is -1.62. The van der Waals surface area contributed by atoms with Crippen LogP contribution < -0.4 is 4.74 Å². The fourth-order valence-corrected chi connectivity index (χ4v) is 4.53. The molecule has 134 valence electrons. The molecule has 2 saturated heterocycles. The Bertz CT molecular complexity index is 746. The van der Waals surface area contributed by atoms with Crippen molar-refractivity contribution < 1.29 is 14.6 Å². The number of piperidine rings is 1. The van der Waals surface area contributed by atoms with E-state index in [1.165, 1.54) is 12.8 Å². The SMILES string of the molecule is COCCOc1ccc2cc(C3(O)C[C@H]4CC[C@@H](C3)N4C)ccc2c1. The molecule has 1 N–H and O–H groups in total. The van der Waals surface area contributed by atoms with Crippen LogP contribution in [0.2, 0.25) is 0 Å². The van der Waals surface area contributed by atoms with Crippen LogP contribution in [0.5, 0.6) is 5.75 Å². The van der Waals surface area contributed by atoms with Gasteiger partial charge >= 0.3 is 0 Å². The number of methoxy groups -OCH3 is 1. The molecule has 0 spiro atoms. The average Bonchev–Trinajstić information content (AvgIpc) is 2.83. The van der Waals surface area contributed by atoms with Crippen molar-refractivity contribution in [2.75, 3.05) is 27.4 Å². The number of hydrogen-bond acceptors (Lipinski definition) is 4. The van der Waals surface area contributed by atoms with Crippen LogP contribution in [0, 0.1) is 0 Å². The van der Waals surface area contributed by atoms with Crippen LogP contribution in [0.1, 0.15) is 31.2 Å². The molecule has 2 heterocycles. The van der Waals surface area contributed by atoms with Gasteiger partial charge < -0.3 is 19.5 Å². The summed E-state index contributed by atoms with van der Waals surface area (Å²) in [4.78, 5) is 2.46. The summed E-state index contributed by atoms with van der Waals surface area (Å²) in [7, 11) is 3.87. The number of nitrogens with zero attached hydrogens (tertiary/aromatic N) is 1. The molecule has 2 aromatic carbocycles. The molecular formula is C21H27NO3. The van der Waals surface area contributed by atoms with Crippen LogP contribution in [-0.2, 0) is 10.3 Å². The van der Waals surface area contributed by atoms with E-state index in [0.29, 0.717) is 25.3 Å². The van der Waals surface area contributed by atoms with Gasteiger partial charge in [-0.3, -0.25) is 0 Å². The molecule has 3 atom stereocenters. The summed E-state index contributed by atoms with van der Waals surface area (Å²) in [6.07, 6.45) is 4.09. The lowest BCUT2D eigenvalue weighted by atomic mass is 9.80. The first kappa shape index (κ1) is 16.8. The van der Waals surface area contributed by atoms with E-state index in [-0.39, 0.29) is 0 Å². The summed E-state index contributed by atoms with van der Waals surface area (Å²) in [6, 6.07) is 13.5. The number of benzene rings is 2. The fourth-order valence-electron chi connectivity index (χ4n) is 4.53. The molecule has 0 aromatic heterocycles. The minimum absolute atomic E-state index is 0.510. The molecule has 2 aliphatic heterocycles. The second-order valence-electron chi connectivity index (χ2n) is 7.56. The summed E-state index contributed by atoms with van der Waals surface area (Å²) in [5.41, 5.74) is 0.359. The summed E-state index contributed by atoms with van der Waals surface area (Å²) >= 11 is 0. The van der Waals surface area contributed by atoms with E-state index in [1.54, 1.807) is 7.11 Å². The number of rotatable bonds is 5. The molecule has 4 heteroatoms. The third-order valence-electron chi connectivity index (χ3n) is 6.04. The molecule has 2 aliphatic rings. The molecule has 0 saturated carbocycles. The zero-order valence-corrected chi connectivity index (χ0v) is 15.1. The van der Waals surface area contributed by atoms with Crippen LogP contribution in [0.25, 0.3) is 10.8 Å². The summed E-state index contributed by atoms with van der Waals surface area (Å²) in [6.45, 7) is 1.14. The highest BCUT2D eigenvalue weighted by atomic mass is 16.5. The van der Waals surface area contributed by atoms with E-state index in [2.05, 4.69) is 42.3 Å². The van der Waals surface area contributed by atoms with Gasteiger partial charge in [-0.25, -0.2) is 0 Å². The van der Waals surface area contributed by atoms with Crippen molar-refractivity contribution in [1.82, 2.24) is 4.90 Å². The van der Waals surface area contributed by atoms with Crippen molar-refractivity contribution in [2.45, 2.75) is 43.4 Å². The van der Waals surface area contributed by atoms with Crippen LogP contribution in [-0.4, -0.2) is 49.5 Å². The van der Waals surface area contributed by atoms with Gasteiger partial charge in [0.2, 0.25) is 0 Å². The zero-order valence-electron chi connectivity index (χ0n) is 15.1. The van der Waals surface area contributed by atoms with Gasteiger partial charge in [-0.1, -0.05) is 18.2 Å². The number of fused-ring (bicyclic) bond motifs is 3. The highest BCUT2D eigenvalue weighted by Crippen LogP contribution is 2.45. The van der Waals surface area contributed by atoms with Gasteiger partial charge in [0.15, 0.2) is 0 Å². The van der Waals surface area contributed by atoms with Crippen molar-refractivity contribution in [3.63, 3.8) is 0 Å². The van der Waals surface area contributed by atoms with Gasteiger partial charge in [-0.05, 0) is 67.3 Å². The molecule has 0 amide bonds. The molecule has 1 unspecified atom stereocenters. The topological polar surface area (TPSA) is 41.9 Å². The summed E-state index contributed by atoms with van der Waals surface area (Å²) in [5.74, 6) is 0.855. The lowest BCUT2D eigenvalue weighted by Crippen LogP contribution is -2.47. The Kier molecular flexibility index (Phi) is 4.44. The van der Waals surface area contributed by atoms with E-state index in [4.69, 9.17) is 9.47 Å². The molecule has 0 radical (unpaired) electrons. The van der Waals surface area contributed by atoms with Gasteiger partial charge in [0, 0.05) is 19.2 Å². The van der Waals surface area contributed by atoms with E-state index in [9.17, 15) is 5.11 Å². The zero-order chi connectivity index (χ0) is 17.4. The highest BCUT2D eigenvalue weighted by Gasteiger charge is 2.46. The summed E-state index contributed by atoms with van der Waals surface area (Å²) < 4.78 is 10.7. The molecule has 2 bridgehead atoms. The van der Waals surface area contributed by atoms with Crippen molar-refractivity contribution in [3.8, 4) is 5.75 Å². The largest absolute Gasteiger partial charge is 0.491 e. The Balaban J connectivity index is 1.58. The summed E-state index contributed by atoms with van der Waals surface area (Å²) in [5, 5.41) is 13.6. The van der Waals surface area contributed by atoms with Crippen molar-refractivity contribution in [2.24, 2.45) is 0 Å². The second-order valence-corrected chi connectivity index (χ2v) is 7.56. The van der Waals surface area contributed by atoms with Crippen LogP contribution in [0.4, 0.5) is 0 Å². The monoisotopic (exact) mass is 341 g/mol. The van der Waals surface area contributed by atoms with Crippen LogP contribution in [0.3, 0.4) is 0 Å².